The number of carbonyl (C=O) groups excluding carboxylic acids is 6. The van der Waals surface area contributed by atoms with E-state index in [-0.39, 0.29) is 42.5 Å². The molecule has 21 heteroatoms. The van der Waals surface area contributed by atoms with Crippen molar-refractivity contribution in [2.24, 2.45) is 5.11 Å². The number of hydrogen-bond acceptors (Lipinski definition) is 18. The topological polar surface area (TPSA) is 256 Å². The van der Waals surface area contributed by atoms with Gasteiger partial charge in [0.15, 0.2) is 18.5 Å². The average Bonchev–Trinajstić information content (AvgIpc) is 3.59. The van der Waals surface area contributed by atoms with Crippen LogP contribution in [0.4, 0.5) is 0 Å². The van der Waals surface area contributed by atoms with E-state index in [4.69, 9.17) is 52.9 Å². The lowest BCUT2D eigenvalue weighted by Gasteiger charge is -2.44. The zero-order valence-electron chi connectivity index (χ0n) is 30.8. The molecular weight excluding hydrogens is 752 g/mol. The molecule has 5 atom stereocenters. The zero-order chi connectivity index (χ0) is 40.2. The molecule has 1 aromatic carbocycles. The highest BCUT2D eigenvalue weighted by atomic mass is 32.1. The van der Waals surface area contributed by atoms with E-state index in [2.05, 4.69) is 15.3 Å². The van der Waals surface area contributed by atoms with Crippen LogP contribution in [0.3, 0.4) is 0 Å². The average molecular weight is 797 g/mol. The van der Waals surface area contributed by atoms with Crippen molar-refractivity contribution < 1.29 is 76.1 Å². The highest BCUT2D eigenvalue weighted by Gasteiger charge is 2.53. The minimum Gasteiger partial charge on any atom is -0.463 e. The summed E-state index contributed by atoms with van der Waals surface area (Å²) in [5.41, 5.74) is 8.46. The van der Waals surface area contributed by atoms with Crippen LogP contribution in [-0.2, 0) is 61.8 Å². The third-order valence-corrected chi connectivity index (χ3v) is 8.45. The maximum atomic E-state index is 13.1. The first-order valence-corrected chi connectivity index (χ1v) is 17.9. The predicted octanol–water partition coefficient (Wildman–Crippen LogP) is 2.28. The van der Waals surface area contributed by atoms with Crippen molar-refractivity contribution in [3.8, 4) is 5.75 Å². The summed E-state index contributed by atoms with van der Waals surface area (Å²) < 4.78 is 55.6. The van der Waals surface area contributed by atoms with Crippen LogP contribution in [0.15, 0.2) is 23.3 Å². The Morgan fingerprint density at radius 2 is 1.40 bits per heavy atom. The van der Waals surface area contributed by atoms with Crippen molar-refractivity contribution >= 4 is 57.5 Å². The number of azide groups is 1. The number of nitrogens with zero attached hydrogens (tertiary/aromatic N) is 3. The standard InChI is InChI=1S/C34H44N4O16S/c1-20(40)49-19-27-29(50-21(2)41)30(51-22(3)42)31(52-23(4)43)34(54-27)53-26-6-5-24(18-39)32-25(26)17-28(55-32)33(44)36-7-9-45-11-13-47-15-16-48-14-12-46-10-8-37-38-35/h5-6,17-18,27,29-31,34H,7-16,19H2,1-4H3,(H,36,44)/t27-,29+,30+,31-,34-/m1/s1. The second kappa shape index (κ2) is 23.8. The van der Waals surface area contributed by atoms with Crippen LogP contribution in [0.25, 0.3) is 20.5 Å². The van der Waals surface area contributed by atoms with E-state index in [0.29, 0.717) is 56.0 Å². The molecular formula is C34H44N4O16S. The number of fused-ring (bicyclic) bond motifs is 1. The second-order valence-corrected chi connectivity index (χ2v) is 12.5. The molecule has 1 amide bonds. The van der Waals surface area contributed by atoms with Crippen LogP contribution in [0, 0.1) is 0 Å². The number of carbonyl (C=O) groups is 6. The van der Waals surface area contributed by atoms with Crippen molar-refractivity contribution in [1.29, 1.82) is 0 Å². The molecule has 1 aliphatic heterocycles. The summed E-state index contributed by atoms with van der Waals surface area (Å²) in [5, 5.41) is 6.45. The van der Waals surface area contributed by atoms with E-state index >= 15 is 0 Å². The largest absolute Gasteiger partial charge is 0.463 e. The molecule has 1 saturated heterocycles. The number of benzene rings is 1. The van der Waals surface area contributed by atoms with Crippen molar-refractivity contribution in [1.82, 2.24) is 5.32 Å². The van der Waals surface area contributed by atoms with Crippen molar-refractivity contribution in [2.45, 2.75) is 58.4 Å². The van der Waals surface area contributed by atoms with E-state index in [0.717, 1.165) is 39.0 Å². The molecule has 0 bridgehead atoms. The summed E-state index contributed by atoms with van der Waals surface area (Å²) in [6.07, 6.45) is -6.49. The zero-order valence-corrected chi connectivity index (χ0v) is 31.6. The van der Waals surface area contributed by atoms with Gasteiger partial charge in [-0.25, -0.2) is 0 Å². The monoisotopic (exact) mass is 796 g/mol. The number of esters is 4. The maximum Gasteiger partial charge on any atom is 0.303 e. The molecule has 1 aliphatic rings. The first kappa shape index (κ1) is 44.5. The Morgan fingerprint density at radius 3 is 1.98 bits per heavy atom. The summed E-state index contributed by atoms with van der Waals surface area (Å²) in [5.74, 6) is -3.43. The fraction of sp³-hybridized carbons (Fsp3) is 0.588. The Balaban J connectivity index is 1.64. The normalized spacial score (nSPS) is 19.1. The van der Waals surface area contributed by atoms with Crippen LogP contribution < -0.4 is 10.1 Å². The fourth-order valence-electron chi connectivity index (χ4n) is 5.07. The molecule has 1 aromatic heterocycles. The molecule has 2 aromatic rings. The third kappa shape index (κ3) is 15.0. The molecule has 0 spiro atoms. The molecule has 2 heterocycles. The Bertz CT molecular complexity index is 1660. The Morgan fingerprint density at radius 1 is 0.818 bits per heavy atom. The summed E-state index contributed by atoms with van der Waals surface area (Å²) in [6, 6.07) is 4.41. The third-order valence-electron chi connectivity index (χ3n) is 7.26. The highest BCUT2D eigenvalue weighted by Crippen LogP contribution is 2.38. The lowest BCUT2D eigenvalue weighted by Crippen LogP contribution is -2.63. The van der Waals surface area contributed by atoms with E-state index in [1.807, 2.05) is 0 Å². The summed E-state index contributed by atoms with van der Waals surface area (Å²) >= 11 is 1.03. The SMILES string of the molecule is CC(=O)OC[C@H]1O[C@@H](Oc2ccc(C=O)c3sc(C(=O)NCCOCCOCCOCCOCCN=[N+]=[N-])cc23)[C@H](OC(C)=O)[C@@H](OC(C)=O)[C@H]1OC(C)=O. The number of rotatable bonds is 24. The molecule has 0 unspecified atom stereocenters. The molecule has 0 radical (unpaired) electrons. The number of nitrogens with one attached hydrogen (secondary N) is 1. The van der Waals surface area contributed by atoms with Crippen molar-refractivity contribution in [3.63, 3.8) is 0 Å². The fourth-order valence-corrected chi connectivity index (χ4v) is 6.14. The Hall–Kier alpha value is -4.89. The lowest BCUT2D eigenvalue weighted by molar-refractivity contribution is -0.288. The number of ether oxygens (including phenoxy) is 10. The van der Waals surface area contributed by atoms with Crippen LogP contribution >= 0.6 is 11.3 Å². The van der Waals surface area contributed by atoms with E-state index < -0.39 is 67.1 Å². The van der Waals surface area contributed by atoms with Crippen molar-refractivity contribution in [2.75, 3.05) is 72.6 Å². The van der Waals surface area contributed by atoms with Gasteiger partial charge in [0, 0.05) is 61.3 Å². The van der Waals surface area contributed by atoms with Gasteiger partial charge in [-0.2, -0.15) is 0 Å². The van der Waals surface area contributed by atoms with Crippen LogP contribution in [0.2, 0.25) is 0 Å². The molecule has 1 N–H and O–H groups in total. The number of amides is 1. The first-order chi connectivity index (χ1) is 26.4. The number of thiophene rings is 1. The van der Waals surface area contributed by atoms with Gasteiger partial charge in [-0.05, 0) is 23.7 Å². The van der Waals surface area contributed by atoms with E-state index in [1.54, 1.807) is 0 Å². The van der Waals surface area contributed by atoms with Gasteiger partial charge in [0.2, 0.25) is 12.4 Å². The van der Waals surface area contributed by atoms with Crippen LogP contribution in [0.5, 0.6) is 5.75 Å². The van der Waals surface area contributed by atoms with Crippen molar-refractivity contribution in [3.05, 3.63) is 39.1 Å². The van der Waals surface area contributed by atoms with Gasteiger partial charge >= 0.3 is 23.9 Å². The van der Waals surface area contributed by atoms with E-state index in [9.17, 15) is 28.8 Å². The van der Waals surface area contributed by atoms with Gasteiger partial charge in [0.1, 0.15) is 18.5 Å². The molecule has 1 fully saturated rings. The quantitative estimate of drug-likeness (QED) is 0.0304. The number of aldehydes is 1. The van der Waals surface area contributed by atoms with Gasteiger partial charge in [0.25, 0.3) is 5.91 Å². The molecule has 55 heavy (non-hydrogen) atoms. The highest BCUT2D eigenvalue weighted by molar-refractivity contribution is 7.21. The molecule has 3 rings (SSSR count). The van der Waals surface area contributed by atoms with E-state index in [1.165, 1.54) is 18.2 Å². The summed E-state index contributed by atoms with van der Waals surface area (Å²) in [4.78, 5) is 76.1. The molecule has 0 saturated carbocycles. The predicted molar refractivity (Wildman–Crippen MR) is 189 cm³/mol. The molecule has 20 nitrogen and oxygen atoms in total. The minimum atomic E-state index is -1.53. The smallest absolute Gasteiger partial charge is 0.303 e. The van der Waals surface area contributed by atoms with Gasteiger partial charge in [-0.3, -0.25) is 28.8 Å². The minimum absolute atomic E-state index is 0.0982. The van der Waals surface area contributed by atoms with Crippen LogP contribution in [0.1, 0.15) is 47.7 Å². The molecule has 302 valence electrons. The Labute approximate surface area is 319 Å². The molecule has 0 aliphatic carbocycles. The van der Waals surface area contributed by atoms with Gasteiger partial charge in [-0.15, -0.1) is 11.3 Å². The van der Waals surface area contributed by atoms with Crippen LogP contribution in [-0.4, -0.2) is 139 Å². The first-order valence-electron chi connectivity index (χ1n) is 17.0. The lowest BCUT2D eigenvalue weighted by atomic mass is 9.98. The van der Waals surface area contributed by atoms with Gasteiger partial charge in [-0.1, -0.05) is 5.11 Å². The van der Waals surface area contributed by atoms with Gasteiger partial charge < -0.3 is 52.7 Å². The maximum absolute atomic E-state index is 13.1. The summed E-state index contributed by atoms with van der Waals surface area (Å²) in [6.45, 7) is 7.03. The van der Waals surface area contributed by atoms with Gasteiger partial charge in [0.05, 0.1) is 57.7 Å². The number of hydrogen-bond donors (Lipinski definition) is 1. The Kier molecular flexibility index (Phi) is 19.3. The summed E-state index contributed by atoms with van der Waals surface area (Å²) in [7, 11) is 0. The second-order valence-electron chi connectivity index (χ2n) is 11.5.